The number of carbonyl (C=O) groups is 1. The summed E-state index contributed by atoms with van der Waals surface area (Å²) >= 11 is 12.0. The topological polar surface area (TPSA) is 82.0 Å². The van der Waals surface area contributed by atoms with Crippen LogP contribution in [0.2, 0.25) is 10.0 Å². The number of hydrogen-bond donors (Lipinski definition) is 3. The molecule has 176 valence electrons. The maximum absolute atomic E-state index is 12.0. The van der Waals surface area contributed by atoms with E-state index in [0.29, 0.717) is 29.6 Å². The molecule has 0 atom stereocenters. The SMILES string of the molecule is Br.CC(C)(C)OC(=O)N1CCc2c(ccc(O)c2Cl)C1.Oc1ccc2c(c1Cl)CCNC2. The maximum Gasteiger partial charge on any atom is 0.410 e. The molecule has 0 spiro atoms. The van der Waals surface area contributed by atoms with E-state index in [1.807, 2.05) is 26.8 Å². The van der Waals surface area contributed by atoms with Crippen LogP contribution in [0.5, 0.6) is 11.5 Å². The summed E-state index contributed by atoms with van der Waals surface area (Å²) in [7, 11) is 0. The summed E-state index contributed by atoms with van der Waals surface area (Å²) in [6.07, 6.45) is 1.21. The minimum atomic E-state index is -0.496. The fraction of sp³-hybridized carbons (Fsp3) is 0.435. The van der Waals surface area contributed by atoms with Crippen LogP contribution in [0.25, 0.3) is 0 Å². The summed E-state index contributed by atoms with van der Waals surface area (Å²) < 4.78 is 5.35. The van der Waals surface area contributed by atoms with Gasteiger partial charge in [-0.25, -0.2) is 4.79 Å². The summed E-state index contributed by atoms with van der Waals surface area (Å²) in [5.41, 5.74) is 3.67. The van der Waals surface area contributed by atoms with E-state index in [1.165, 1.54) is 5.56 Å². The van der Waals surface area contributed by atoms with Crippen molar-refractivity contribution in [2.24, 2.45) is 0 Å². The number of phenols is 2. The molecule has 2 heterocycles. The van der Waals surface area contributed by atoms with Crippen LogP contribution in [0.3, 0.4) is 0 Å². The van der Waals surface area contributed by atoms with Gasteiger partial charge in [0, 0.05) is 19.6 Å². The van der Waals surface area contributed by atoms with Gasteiger partial charge in [0.1, 0.15) is 17.1 Å². The molecule has 0 saturated heterocycles. The van der Waals surface area contributed by atoms with Crippen molar-refractivity contribution in [3.8, 4) is 11.5 Å². The quantitative estimate of drug-likeness (QED) is 0.399. The Labute approximate surface area is 209 Å². The standard InChI is InChI=1S/C14H18ClNO3.C9H10ClNO.BrH/c1-14(2,3)19-13(18)16-7-6-10-9(8-16)4-5-11(17)12(10)15;10-9-7-3-4-11-5-6(7)1-2-8(9)12;/h4-5,17H,6-8H2,1-3H3;1-2,11-12H,3-5H2;1H. The van der Waals surface area contributed by atoms with Crippen LogP contribution in [0.4, 0.5) is 4.79 Å². The molecule has 0 fully saturated rings. The van der Waals surface area contributed by atoms with Crippen LogP contribution in [-0.4, -0.2) is 39.9 Å². The zero-order chi connectivity index (χ0) is 22.8. The van der Waals surface area contributed by atoms with Gasteiger partial charge in [0.15, 0.2) is 0 Å². The highest BCUT2D eigenvalue weighted by molar-refractivity contribution is 8.93. The lowest BCUT2D eigenvalue weighted by Gasteiger charge is -2.31. The Kier molecular flexibility index (Phi) is 9.11. The molecule has 0 radical (unpaired) electrons. The lowest BCUT2D eigenvalue weighted by atomic mass is 9.99. The van der Waals surface area contributed by atoms with Crippen molar-refractivity contribution in [2.45, 2.75) is 52.3 Å². The lowest BCUT2D eigenvalue weighted by molar-refractivity contribution is 0.0224. The largest absolute Gasteiger partial charge is 0.506 e. The number of nitrogens with one attached hydrogen (secondary N) is 1. The van der Waals surface area contributed by atoms with Gasteiger partial charge in [0.2, 0.25) is 0 Å². The van der Waals surface area contributed by atoms with E-state index in [1.54, 1.807) is 23.1 Å². The normalized spacial score (nSPS) is 14.8. The first-order valence-electron chi connectivity index (χ1n) is 10.2. The van der Waals surface area contributed by atoms with Crippen molar-refractivity contribution in [1.82, 2.24) is 10.2 Å². The van der Waals surface area contributed by atoms with Gasteiger partial charge in [-0.1, -0.05) is 35.3 Å². The Balaban J connectivity index is 0.000000241. The number of amides is 1. The van der Waals surface area contributed by atoms with Crippen LogP contribution in [0, 0.1) is 0 Å². The molecule has 2 aliphatic rings. The van der Waals surface area contributed by atoms with Gasteiger partial charge in [0.05, 0.1) is 10.0 Å². The summed E-state index contributed by atoms with van der Waals surface area (Å²) in [6, 6.07) is 6.92. The fourth-order valence-corrected chi connectivity index (χ4v) is 4.16. The van der Waals surface area contributed by atoms with Gasteiger partial charge in [-0.05, 0) is 74.5 Å². The molecule has 0 aliphatic carbocycles. The number of phenolic OH excluding ortho intramolecular Hbond substituents is 2. The number of benzene rings is 2. The Morgan fingerprint density at radius 2 is 1.56 bits per heavy atom. The molecule has 0 bridgehead atoms. The van der Waals surface area contributed by atoms with Crippen LogP contribution < -0.4 is 5.32 Å². The third kappa shape index (κ3) is 6.44. The van der Waals surface area contributed by atoms with Gasteiger partial charge >= 0.3 is 6.09 Å². The highest BCUT2D eigenvalue weighted by atomic mass is 79.9. The second-order valence-corrected chi connectivity index (χ2v) is 9.41. The van der Waals surface area contributed by atoms with Gasteiger partial charge in [-0.15, -0.1) is 17.0 Å². The smallest absolute Gasteiger partial charge is 0.410 e. The lowest BCUT2D eigenvalue weighted by Crippen LogP contribution is -2.39. The summed E-state index contributed by atoms with van der Waals surface area (Å²) in [5.74, 6) is 0.281. The van der Waals surface area contributed by atoms with E-state index >= 15 is 0 Å². The van der Waals surface area contributed by atoms with Gasteiger partial charge in [-0.3, -0.25) is 0 Å². The average Bonchev–Trinajstić information content (AvgIpc) is 2.73. The number of carbonyl (C=O) groups excluding carboxylic acids is 1. The van der Waals surface area contributed by atoms with Crippen LogP contribution in [0.15, 0.2) is 24.3 Å². The Bertz CT molecular complexity index is 979. The Morgan fingerprint density at radius 1 is 1.00 bits per heavy atom. The number of aromatic hydroxyl groups is 2. The van der Waals surface area contributed by atoms with E-state index in [-0.39, 0.29) is 34.6 Å². The minimum Gasteiger partial charge on any atom is -0.506 e. The molecule has 3 N–H and O–H groups in total. The number of nitrogens with zero attached hydrogens (tertiary/aromatic N) is 1. The number of ether oxygens (including phenoxy) is 1. The second-order valence-electron chi connectivity index (χ2n) is 8.65. The minimum absolute atomic E-state index is 0. The van der Waals surface area contributed by atoms with Crippen molar-refractivity contribution in [3.63, 3.8) is 0 Å². The predicted molar refractivity (Wildman–Crippen MR) is 132 cm³/mol. The second kappa shape index (κ2) is 11.0. The molecule has 0 aromatic heterocycles. The summed E-state index contributed by atoms with van der Waals surface area (Å²) in [4.78, 5) is 13.7. The monoisotopic (exact) mass is 546 g/mol. The van der Waals surface area contributed by atoms with Crippen molar-refractivity contribution >= 4 is 46.3 Å². The molecule has 2 aliphatic heterocycles. The van der Waals surface area contributed by atoms with Gasteiger partial charge < -0.3 is 25.2 Å². The Morgan fingerprint density at radius 3 is 2.16 bits per heavy atom. The molecule has 1 amide bonds. The van der Waals surface area contributed by atoms with E-state index in [0.717, 1.165) is 36.2 Å². The number of fused-ring (bicyclic) bond motifs is 2. The molecule has 2 aromatic carbocycles. The van der Waals surface area contributed by atoms with Crippen LogP contribution in [0.1, 0.15) is 43.0 Å². The van der Waals surface area contributed by atoms with Gasteiger partial charge in [-0.2, -0.15) is 0 Å². The highest BCUT2D eigenvalue weighted by Crippen LogP contribution is 2.33. The molecule has 32 heavy (non-hydrogen) atoms. The van der Waals surface area contributed by atoms with Crippen molar-refractivity contribution < 1.29 is 19.7 Å². The average molecular weight is 548 g/mol. The summed E-state index contributed by atoms with van der Waals surface area (Å²) in [5, 5.41) is 23.0. The summed E-state index contributed by atoms with van der Waals surface area (Å²) in [6.45, 7) is 8.34. The number of hydrogen-bond acceptors (Lipinski definition) is 5. The van der Waals surface area contributed by atoms with Crippen molar-refractivity contribution in [1.29, 1.82) is 0 Å². The third-order valence-electron chi connectivity index (χ3n) is 5.15. The number of halogens is 3. The molecule has 4 rings (SSSR count). The first-order valence-corrected chi connectivity index (χ1v) is 11.0. The predicted octanol–water partition coefficient (Wildman–Crippen LogP) is 5.61. The fourth-order valence-electron chi connectivity index (χ4n) is 3.60. The maximum atomic E-state index is 12.0. The van der Waals surface area contributed by atoms with E-state index in [9.17, 15) is 15.0 Å². The zero-order valence-electron chi connectivity index (χ0n) is 18.4. The van der Waals surface area contributed by atoms with Crippen LogP contribution >= 0.6 is 40.2 Å². The molecular formula is C23H29BrCl2N2O4. The number of rotatable bonds is 0. The first-order chi connectivity index (χ1) is 14.6. The molecule has 9 heteroatoms. The zero-order valence-corrected chi connectivity index (χ0v) is 21.6. The molecule has 6 nitrogen and oxygen atoms in total. The molecule has 0 saturated carbocycles. The molecular weight excluding hydrogens is 519 g/mol. The molecule has 2 aromatic rings. The Hall–Kier alpha value is -1.67. The van der Waals surface area contributed by atoms with Gasteiger partial charge in [0.25, 0.3) is 0 Å². The highest BCUT2D eigenvalue weighted by Gasteiger charge is 2.27. The van der Waals surface area contributed by atoms with Crippen molar-refractivity contribution in [3.05, 3.63) is 56.6 Å². The van der Waals surface area contributed by atoms with Crippen molar-refractivity contribution in [2.75, 3.05) is 13.1 Å². The van der Waals surface area contributed by atoms with E-state index < -0.39 is 5.60 Å². The third-order valence-corrected chi connectivity index (χ3v) is 6.00. The van der Waals surface area contributed by atoms with E-state index in [2.05, 4.69) is 5.32 Å². The van der Waals surface area contributed by atoms with E-state index in [4.69, 9.17) is 27.9 Å². The first kappa shape index (κ1) is 26.6. The van der Waals surface area contributed by atoms with Crippen LogP contribution in [-0.2, 0) is 30.7 Å². The molecule has 0 unspecified atom stereocenters.